The largest absolute Gasteiger partial charge is 0.422 e. The number of hydrogen-bond donors (Lipinski definition) is 2. The molecule has 1 saturated carbocycles. The summed E-state index contributed by atoms with van der Waals surface area (Å²) in [5.41, 5.74) is 2.64. The fraction of sp³-hybridized carbons (Fsp3) is 0.565. The van der Waals surface area contributed by atoms with Crippen LogP contribution in [-0.4, -0.2) is 95.6 Å². The van der Waals surface area contributed by atoms with Crippen molar-refractivity contribution in [2.45, 2.75) is 37.3 Å². The topological polar surface area (TPSA) is 112 Å². The maximum atomic E-state index is 13.4. The number of nitrogens with one attached hydrogen (secondary N) is 1. The minimum Gasteiger partial charge on any atom is -0.370 e. The number of carbonyl (C=O) groups is 1. The predicted octanol–water partition coefficient (Wildman–Crippen LogP) is 2.36. The van der Waals surface area contributed by atoms with E-state index in [9.17, 15) is 31.1 Å². The number of halogens is 6. The number of nitrogens with two attached hydrogens (primary N) is 1. The van der Waals surface area contributed by atoms with Crippen LogP contribution >= 0.6 is 0 Å². The Kier molecular flexibility index (Phi) is 7.70. The van der Waals surface area contributed by atoms with Crippen LogP contribution in [0, 0.1) is 5.41 Å². The van der Waals surface area contributed by atoms with Crippen molar-refractivity contribution in [3.05, 3.63) is 41.4 Å². The number of piperazine rings is 1. The van der Waals surface area contributed by atoms with Gasteiger partial charge in [-0.2, -0.15) is 26.3 Å². The third kappa shape index (κ3) is 5.77. The average molecular weight is 548 g/mol. The smallest absolute Gasteiger partial charge is 0.370 e. The van der Waals surface area contributed by atoms with Crippen molar-refractivity contribution in [3.63, 3.8) is 0 Å². The molecule has 1 aliphatic carbocycles. The second kappa shape index (κ2) is 10.5. The molecule has 0 bridgehead atoms. The summed E-state index contributed by atoms with van der Waals surface area (Å²) in [5.74, 6) is -1.40. The molecule has 0 radical (unpaired) electrons. The number of nitrogens with zero attached hydrogens (tertiary/aromatic N) is 5. The fourth-order valence-corrected chi connectivity index (χ4v) is 5.03. The summed E-state index contributed by atoms with van der Waals surface area (Å²) in [4.78, 5) is 24.8. The van der Waals surface area contributed by atoms with Crippen LogP contribution in [0.1, 0.15) is 18.4 Å². The molecule has 1 aromatic heterocycles. The average Bonchev–Trinajstić information content (AvgIpc) is 3.22. The summed E-state index contributed by atoms with van der Waals surface area (Å²) in [6.07, 6.45) is -8.22. The lowest BCUT2D eigenvalue weighted by molar-refractivity contribution is -0.138. The van der Waals surface area contributed by atoms with E-state index in [0.717, 1.165) is 12.4 Å². The van der Waals surface area contributed by atoms with E-state index in [-0.39, 0.29) is 36.7 Å². The molecule has 9 nitrogen and oxygen atoms in total. The molecule has 4 rings (SSSR count). The first kappa shape index (κ1) is 27.8. The van der Waals surface area contributed by atoms with Gasteiger partial charge in [0.1, 0.15) is 11.7 Å². The molecule has 1 aromatic rings. The molecule has 2 unspecified atom stereocenters. The van der Waals surface area contributed by atoms with Crippen molar-refractivity contribution in [1.82, 2.24) is 19.8 Å². The summed E-state index contributed by atoms with van der Waals surface area (Å²) in [5, 5.41) is 8.36. The Morgan fingerprint density at radius 3 is 2.26 bits per heavy atom. The van der Waals surface area contributed by atoms with E-state index in [2.05, 4.69) is 16.5 Å². The maximum Gasteiger partial charge on any atom is 0.422 e. The highest BCUT2D eigenvalue weighted by atomic mass is 19.4. The van der Waals surface area contributed by atoms with Gasteiger partial charge < -0.3 is 25.7 Å². The molecule has 3 N–H and O–H groups in total. The highest BCUT2D eigenvalue weighted by Crippen LogP contribution is 2.36. The first-order valence-corrected chi connectivity index (χ1v) is 11.9. The van der Waals surface area contributed by atoms with Crippen LogP contribution in [0.5, 0.6) is 0 Å². The van der Waals surface area contributed by atoms with Gasteiger partial charge in [0, 0.05) is 57.4 Å². The monoisotopic (exact) mass is 547 g/mol. The Labute approximate surface area is 214 Å². The quantitative estimate of drug-likeness (QED) is 0.430. The van der Waals surface area contributed by atoms with E-state index >= 15 is 0 Å². The number of hydrogen-bond acceptors (Lipinski definition) is 8. The second-order valence-electron chi connectivity index (χ2n) is 9.27. The van der Waals surface area contributed by atoms with Crippen molar-refractivity contribution < 1.29 is 35.9 Å². The molecular weight excluding hydrogens is 520 g/mol. The summed E-state index contributed by atoms with van der Waals surface area (Å²) in [7, 11) is 0. The van der Waals surface area contributed by atoms with Crippen molar-refractivity contribution in [3.8, 4) is 0 Å². The van der Waals surface area contributed by atoms with Crippen LogP contribution in [0.3, 0.4) is 0 Å². The van der Waals surface area contributed by atoms with E-state index in [1.54, 1.807) is 4.90 Å². The number of amides is 1. The number of aromatic nitrogens is 2. The number of ether oxygens (including phenoxy) is 1. The normalized spacial score (nSPS) is 25.1. The van der Waals surface area contributed by atoms with Crippen molar-refractivity contribution >= 4 is 17.6 Å². The van der Waals surface area contributed by atoms with E-state index < -0.39 is 41.5 Å². The van der Waals surface area contributed by atoms with Gasteiger partial charge in [0.2, 0.25) is 5.95 Å². The summed E-state index contributed by atoms with van der Waals surface area (Å²) in [6, 6.07) is -0.602. The molecule has 3 heterocycles. The Hall–Kier alpha value is -3.20. The zero-order valence-corrected chi connectivity index (χ0v) is 20.3. The third-order valence-corrected chi connectivity index (χ3v) is 7.00. The van der Waals surface area contributed by atoms with Crippen LogP contribution in [0.4, 0.5) is 32.3 Å². The molecule has 2 aliphatic heterocycles. The fourth-order valence-electron chi connectivity index (χ4n) is 5.03. The Morgan fingerprint density at radius 1 is 1.08 bits per heavy atom. The lowest BCUT2D eigenvalue weighted by atomic mass is 10.0. The van der Waals surface area contributed by atoms with E-state index in [1.807, 2.05) is 9.80 Å². The number of anilines is 1. The van der Waals surface area contributed by atoms with Crippen LogP contribution in [0.25, 0.3) is 0 Å². The zero-order valence-electron chi connectivity index (χ0n) is 20.3. The molecule has 2 saturated heterocycles. The minimum atomic E-state index is -4.93. The first-order valence-electron chi connectivity index (χ1n) is 11.9. The van der Waals surface area contributed by atoms with Gasteiger partial charge in [-0.3, -0.25) is 9.69 Å². The van der Waals surface area contributed by atoms with Gasteiger partial charge in [-0.25, -0.2) is 9.97 Å². The third-order valence-electron chi connectivity index (χ3n) is 7.00. The van der Waals surface area contributed by atoms with Crippen LogP contribution in [-0.2, 0) is 15.7 Å². The molecule has 38 heavy (non-hydrogen) atoms. The maximum absolute atomic E-state index is 13.4. The van der Waals surface area contributed by atoms with Gasteiger partial charge in [0.15, 0.2) is 0 Å². The Bertz CT molecular complexity index is 1110. The Balaban J connectivity index is 1.36. The SMILES string of the molecule is C=C(C1CN(C2CC/C(=C(/C(N)=O)C(F)(F)F)C2=N)CCO1)N1CCN(c2ncc(C(F)(F)F)cn2)CC1. The highest BCUT2D eigenvalue weighted by Gasteiger charge is 2.45. The molecule has 208 valence electrons. The van der Waals surface area contributed by atoms with Crippen LogP contribution in [0.15, 0.2) is 35.8 Å². The number of alkyl halides is 6. The van der Waals surface area contributed by atoms with E-state index in [4.69, 9.17) is 15.9 Å². The predicted molar refractivity (Wildman–Crippen MR) is 124 cm³/mol. The number of carbonyl (C=O) groups excluding carboxylic acids is 1. The molecule has 0 spiro atoms. The van der Waals surface area contributed by atoms with Gasteiger partial charge in [-0.1, -0.05) is 6.58 Å². The number of primary amides is 1. The lowest BCUT2D eigenvalue weighted by Crippen LogP contribution is -2.53. The standard InChI is InChI=1S/C23H27F6N7O2/c1-13(34-4-6-35(7-5-34)21-32-10-14(11-33-21)22(24,25)26)17-12-36(8-9-38-17)16-3-2-15(19(16)30)18(20(31)37)23(27,28)29/h10-11,16-17,30H,1-9,12H2,(H2,31,37)/b18-15+,30-19?. The van der Waals surface area contributed by atoms with Gasteiger partial charge in [0.05, 0.1) is 23.9 Å². The molecular formula is C23H27F6N7O2. The molecule has 3 fully saturated rings. The van der Waals surface area contributed by atoms with Crippen molar-refractivity contribution in [2.75, 3.05) is 50.8 Å². The lowest BCUT2D eigenvalue weighted by Gasteiger charge is -2.42. The number of rotatable bonds is 5. The Morgan fingerprint density at radius 2 is 1.71 bits per heavy atom. The molecule has 3 aliphatic rings. The van der Waals surface area contributed by atoms with Gasteiger partial charge >= 0.3 is 12.4 Å². The van der Waals surface area contributed by atoms with E-state index in [1.165, 1.54) is 0 Å². The molecule has 15 heteroatoms. The zero-order chi connectivity index (χ0) is 27.8. The molecule has 1 amide bonds. The van der Waals surface area contributed by atoms with Crippen molar-refractivity contribution in [1.29, 1.82) is 5.41 Å². The van der Waals surface area contributed by atoms with Crippen LogP contribution in [0.2, 0.25) is 0 Å². The number of morpholine rings is 1. The summed E-state index contributed by atoms with van der Waals surface area (Å²) < 4.78 is 84.3. The van der Waals surface area contributed by atoms with Crippen LogP contribution < -0.4 is 10.6 Å². The summed E-state index contributed by atoms with van der Waals surface area (Å²) >= 11 is 0. The molecule has 0 aromatic carbocycles. The minimum absolute atomic E-state index is 0.0712. The first-order chi connectivity index (χ1) is 17.8. The summed E-state index contributed by atoms with van der Waals surface area (Å²) in [6.45, 7) is 7.00. The van der Waals surface area contributed by atoms with Gasteiger partial charge in [-0.05, 0) is 18.4 Å². The van der Waals surface area contributed by atoms with Crippen molar-refractivity contribution in [2.24, 2.45) is 5.73 Å². The van der Waals surface area contributed by atoms with Gasteiger partial charge in [-0.15, -0.1) is 0 Å². The second-order valence-corrected chi connectivity index (χ2v) is 9.27. The van der Waals surface area contributed by atoms with E-state index in [0.29, 0.717) is 45.0 Å². The van der Waals surface area contributed by atoms with Gasteiger partial charge in [0.25, 0.3) is 5.91 Å². The molecule has 2 atom stereocenters. The highest BCUT2D eigenvalue weighted by molar-refractivity contribution is 6.10.